The Bertz CT molecular complexity index is 597. The average Bonchev–Trinajstić information content (AvgIpc) is 2.35. The van der Waals surface area contributed by atoms with Crippen molar-refractivity contribution in [1.82, 2.24) is 10.2 Å². The molecular formula is C17H28N2O3S. The van der Waals surface area contributed by atoms with E-state index >= 15 is 0 Å². The first-order chi connectivity index (χ1) is 10.6. The van der Waals surface area contributed by atoms with Crippen LogP contribution in [0, 0.1) is 5.92 Å². The van der Waals surface area contributed by atoms with E-state index in [4.69, 9.17) is 0 Å². The molecule has 1 aromatic rings. The summed E-state index contributed by atoms with van der Waals surface area (Å²) in [5, 5.41) is 3.06. The second-order valence-corrected chi connectivity index (χ2v) is 8.97. The highest BCUT2D eigenvalue weighted by atomic mass is 32.2. The van der Waals surface area contributed by atoms with E-state index < -0.39 is 9.84 Å². The highest BCUT2D eigenvalue weighted by Gasteiger charge is 2.16. The average molecular weight is 340 g/mol. The van der Waals surface area contributed by atoms with E-state index in [2.05, 4.69) is 24.1 Å². The Labute approximate surface area is 140 Å². The van der Waals surface area contributed by atoms with Crippen LogP contribution in [-0.4, -0.2) is 52.2 Å². The summed E-state index contributed by atoms with van der Waals surface area (Å²) in [5.41, 5.74) is 1.24. The summed E-state index contributed by atoms with van der Waals surface area (Å²) in [5.74, 6) is 0.367. The van der Waals surface area contributed by atoms with E-state index in [-0.39, 0.29) is 17.7 Å². The number of rotatable bonds is 8. The zero-order valence-electron chi connectivity index (χ0n) is 14.7. The van der Waals surface area contributed by atoms with Gasteiger partial charge in [-0.15, -0.1) is 0 Å². The molecular weight excluding hydrogens is 312 g/mol. The summed E-state index contributed by atoms with van der Waals surface area (Å²) in [6.07, 6.45) is 2.11. The molecule has 5 nitrogen and oxygen atoms in total. The minimum atomic E-state index is -3.06. The van der Waals surface area contributed by atoms with E-state index in [1.807, 2.05) is 14.1 Å². The van der Waals surface area contributed by atoms with Crippen LogP contribution in [0.4, 0.5) is 0 Å². The molecule has 0 spiro atoms. The fourth-order valence-corrected chi connectivity index (χ4v) is 3.31. The Hall–Kier alpha value is -1.40. The molecule has 1 N–H and O–H groups in total. The van der Waals surface area contributed by atoms with Gasteiger partial charge in [0.25, 0.3) is 5.91 Å². The number of likely N-dealkylation sites (N-methyl/N-ethyl adjacent to an activating group) is 1. The zero-order chi connectivity index (χ0) is 17.6. The highest BCUT2D eigenvalue weighted by Crippen LogP contribution is 2.10. The molecule has 130 valence electrons. The number of carbonyl (C=O) groups is 1. The quantitative estimate of drug-likeness (QED) is 0.785. The van der Waals surface area contributed by atoms with Gasteiger partial charge in [-0.2, -0.15) is 0 Å². The lowest BCUT2D eigenvalue weighted by Gasteiger charge is -2.24. The second kappa shape index (κ2) is 8.45. The number of amides is 1. The molecule has 0 saturated heterocycles. The Morgan fingerprint density at radius 1 is 1.17 bits per heavy atom. The number of hydrogen-bond donors (Lipinski definition) is 1. The van der Waals surface area contributed by atoms with Crippen molar-refractivity contribution in [2.45, 2.75) is 32.1 Å². The van der Waals surface area contributed by atoms with E-state index in [0.717, 1.165) is 13.0 Å². The fourth-order valence-electron chi connectivity index (χ4n) is 2.51. The topological polar surface area (TPSA) is 66.5 Å². The van der Waals surface area contributed by atoms with Gasteiger partial charge in [-0.05, 0) is 44.1 Å². The fraction of sp³-hybridized carbons (Fsp3) is 0.588. The Balaban J connectivity index is 2.75. The molecule has 1 rings (SSSR count). The van der Waals surface area contributed by atoms with Gasteiger partial charge in [0, 0.05) is 24.4 Å². The van der Waals surface area contributed by atoms with E-state index in [9.17, 15) is 13.2 Å². The highest BCUT2D eigenvalue weighted by molar-refractivity contribution is 7.89. The zero-order valence-corrected chi connectivity index (χ0v) is 15.5. The molecule has 0 aliphatic rings. The lowest BCUT2D eigenvalue weighted by molar-refractivity contribution is 0.0924. The molecule has 1 unspecified atom stereocenters. The molecule has 0 aliphatic carbocycles. The number of sulfone groups is 1. The van der Waals surface area contributed by atoms with Gasteiger partial charge in [-0.1, -0.05) is 26.0 Å². The van der Waals surface area contributed by atoms with E-state index in [1.165, 1.54) is 6.26 Å². The second-order valence-electron chi connectivity index (χ2n) is 6.83. The van der Waals surface area contributed by atoms with Crippen molar-refractivity contribution in [3.8, 4) is 0 Å². The summed E-state index contributed by atoms with van der Waals surface area (Å²) in [6.45, 7) is 5.06. The molecule has 0 saturated carbocycles. The van der Waals surface area contributed by atoms with Crippen LogP contribution in [0.3, 0.4) is 0 Å². The summed E-state index contributed by atoms with van der Waals surface area (Å²) >= 11 is 0. The van der Waals surface area contributed by atoms with Gasteiger partial charge in [-0.25, -0.2) is 8.42 Å². The summed E-state index contributed by atoms with van der Waals surface area (Å²) in [4.78, 5) is 14.4. The van der Waals surface area contributed by atoms with Gasteiger partial charge >= 0.3 is 0 Å². The molecule has 0 aliphatic heterocycles. The lowest BCUT2D eigenvalue weighted by atomic mass is 10.0. The first-order valence-corrected chi connectivity index (χ1v) is 9.85. The van der Waals surface area contributed by atoms with Crippen LogP contribution < -0.4 is 5.32 Å². The molecule has 6 heteroatoms. The molecule has 23 heavy (non-hydrogen) atoms. The lowest BCUT2D eigenvalue weighted by Crippen LogP contribution is -2.42. The molecule has 0 fully saturated rings. The summed E-state index contributed by atoms with van der Waals surface area (Å²) < 4.78 is 22.6. The number of carbonyl (C=O) groups excluding carboxylic acids is 1. The van der Waals surface area contributed by atoms with Crippen LogP contribution in [0.15, 0.2) is 24.3 Å². The van der Waals surface area contributed by atoms with Crippen LogP contribution in [0.2, 0.25) is 0 Å². The van der Waals surface area contributed by atoms with Crippen LogP contribution in [0.1, 0.15) is 36.2 Å². The van der Waals surface area contributed by atoms with Crippen LogP contribution in [0.5, 0.6) is 0 Å². The van der Waals surface area contributed by atoms with Crippen molar-refractivity contribution in [1.29, 1.82) is 0 Å². The summed E-state index contributed by atoms with van der Waals surface area (Å²) in [7, 11) is 0.909. The maximum Gasteiger partial charge on any atom is 0.251 e. The van der Waals surface area contributed by atoms with Crippen molar-refractivity contribution in [3.63, 3.8) is 0 Å². The Morgan fingerprint density at radius 2 is 1.74 bits per heavy atom. The minimum Gasteiger partial charge on any atom is -0.348 e. The Morgan fingerprint density at radius 3 is 2.17 bits per heavy atom. The molecule has 0 aromatic heterocycles. The molecule has 0 bridgehead atoms. The molecule has 1 atom stereocenters. The maximum absolute atomic E-state index is 12.4. The summed E-state index contributed by atoms with van der Waals surface area (Å²) in [6, 6.07) is 6.84. The van der Waals surface area contributed by atoms with Crippen molar-refractivity contribution in [3.05, 3.63) is 35.4 Å². The SMILES string of the molecule is CC(C)CC(CN(C)C)NC(=O)c1ccc(CS(C)(=O)=O)cc1. The first kappa shape index (κ1) is 19.6. The number of nitrogens with one attached hydrogen (secondary N) is 1. The van der Waals surface area contributed by atoms with Gasteiger partial charge in [0.2, 0.25) is 0 Å². The van der Waals surface area contributed by atoms with Crippen LogP contribution >= 0.6 is 0 Å². The van der Waals surface area contributed by atoms with E-state index in [0.29, 0.717) is 17.0 Å². The van der Waals surface area contributed by atoms with Gasteiger partial charge in [0.15, 0.2) is 9.84 Å². The number of benzene rings is 1. The molecule has 0 heterocycles. The smallest absolute Gasteiger partial charge is 0.251 e. The van der Waals surface area contributed by atoms with Gasteiger partial charge in [0.05, 0.1) is 5.75 Å². The molecule has 1 aromatic carbocycles. The van der Waals surface area contributed by atoms with Gasteiger partial charge in [-0.3, -0.25) is 4.79 Å². The molecule has 0 radical (unpaired) electrons. The normalized spacial score (nSPS) is 13.3. The largest absolute Gasteiger partial charge is 0.348 e. The van der Waals surface area contributed by atoms with Crippen molar-refractivity contribution >= 4 is 15.7 Å². The van der Waals surface area contributed by atoms with Crippen LogP contribution in [-0.2, 0) is 15.6 Å². The third-order valence-corrected chi connectivity index (χ3v) is 4.18. The van der Waals surface area contributed by atoms with Crippen molar-refractivity contribution in [2.75, 3.05) is 26.9 Å². The van der Waals surface area contributed by atoms with E-state index in [1.54, 1.807) is 24.3 Å². The third kappa shape index (κ3) is 8.13. The molecule has 1 amide bonds. The Kier molecular flexibility index (Phi) is 7.22. The van der Waals surface area contributed by atoms with Crippen molar-refractivity contribution < 1.29 is 13.2 Å². The first-order valence-electron chi connectivity index (χ1n) is 7.79. The number of hydrogen-bond acceptors (Lipinski definition) is 4. The minimum absolute atomic E-state index is 0.00843. The van der Waals surface area contributed by atoms with Gasteiger partial charge < -0.3 is 10.2 Å². The number of nitrogens with zero attached hydrogens (tertiary/aromatic N) is 1. The van der Waals surface area contributed by atoms with Crippen molar-refractivity contribution in [2.24, 2.45) is 5.92 Å². The predicted octanol–water partition coefficient (Wildman–Crippen LogP) is 1.94. The third-order valence-electron chi connectivity index (χ3n) is 3.32. The standard InChI is InChI=1S/C17H28N2O3S/c1-13(2)10-16(11-19(3)4)18-17(20)15-8-6-14(7-9-15)12-23(5,21)22/h6-9,13,16H,10-12H2,1-5H3,(H,18,20). The maximum atomic E-state index is 12.4. The van der Waals surface area contributed by atoms with Gasteiger partial charge in [0.1, 0.15) is 0 Å². The van der Waals surface area contributed by atoms with Crippen LogP contribution in [0.25, 0.3) is 0 Å². The monoisotopic (exact) mass is 340 g/mol. The predicted molar refractivity (Wildman–Crippen MR) is 94.3 cm³/mol.